The topological polar surface area (TPSA) is 62.1 Å². The number of anilines is 2. The number of hydrogen-bond acceptors (Lipinski definition) is 5. The Bertz CT molecular complexity index is 1430. The predicted octanol–water partition coefficient (Wildman–Crippen LogP) is 6.77. The summed E-state index contributed by atoms with van der Waals surface area (Å²) in [6.45, 7) is 3.07. The number of nitrogens with zero attached hydrogens (tertiary/aromatic N) is 4. The molecule has 0 radical (unpaired) electrons. The molecule has 0 spiro atoms. The van der Waals surface area contributed by atoms with E-state index in [-0.39, 0.29) is 29.2 Å². The number of pyridine rings is 1. The number of halogens is 6. The standard InChI is InChI=1S/C26H22F6N4O/c1-24(2,14-37)23-34-20-13-15(21-19(26(30,31)32)5-4-12-33-21)6-11-18(20)22(35-23)36(3)17-9-7-16(8-10-17)25(27,28)29/h4-13,37H,14H2,1-3H3. The zero-order valence-corrected chi connectivity index (χ0v) is 20.0. The van der Waals surface area contributed by atoms with E-state index >= 15 is 0 Å². The molecule has 2 aromatic carbocycles. The number of aliphatic hydroxyl groups excluding tert-OH is 1. The van der Waals surface area contributed by atoms with Crippen LogP contribution in [0.15, 0.2) is 60.8 Å². The van der Waals surface area contributed by atoms with E-state index in [0.717, 1.165) is 18.2 Å². The van der Waals surface area contributed by atoms with Gasteiger partial charge in [0, 0.05) is 35.3 Å². The summed E-state index contributed by atoms with van der Waals surface area (Å²) in [4.78, 5) is 14.6. The lowest BCUT2D eigenvalue weighted by Crippen LogP contribution is -2.26. The van der Waals surface area contributed by atoms with Crippen LogP contribution in [0.5, 0.6) is 0 Å². The minimum absolute atomic E-state index is 0.176. The summed E-state index contributed by atoms with van der Waals surface area (Å²) in [6.07, 6.45) is -7.85. The molecule has 4 aromatic rings. The molecule has 0 saturated carbocycles. The molecule has 0 unspecified atom stereocenters. The summed E-state index contributed by atoms with van der Waals surface area (Å²) < 4.78 is 79.9. The number of aliphatic hydroxyl groups is 1. The van der Waals surface area contributed by atoms with Crippen LogP contribution >= 0.6 is 0 Å². The van der Waals surface area contributed by atoms with Gasteiger partial charge < -0.3 is 10.0 Å². The van der Waals surface area contributed by atoms with Crippen LogP contribution in [0.4, 0.5) is 37.8 Å². The molecule has 37 heavy (non-hydrogen) atoms. The molecule has 2 aromatic heterocycles. The average molecular weight is 520 g/mol. The van der Waals surface area contributed by atoms with Crippen molar-refractivity contribution in [2.75, 3.05) is 18.6 Å². The van der Waals surface area contributed by atoms with Crippen molar-refractivity contribution in [2.45, 2.75) is 31.6 Å². The molecule has 0 saturated heterocycles. The van der Waals surface area contributed by atoms with Gasteiger partial charge in [0.15, 0.2) is 0 Å². The first kappa shape index (κ1) is 26.3. The molecule has 4 rings (SSSR count). The highest BCUT2D eigenvalue weighted by atomic mass is 19.4. The van der Waals surface area contributed by atoms with Gasteiger partial charge in [0.05, 0.1) is 28.9 Å². The van der Waals surface area contributed by atoms with Gasteiger partial charge >= 0.3 is 12.4 Å². The number of aromatic nitrogens is 3. The van der Waals surface area contributed by atoms with Crippen LogP contribution in [0.25, 0.3) is 22.2 Å². The van der Waals surface area contributed by atoms with E-state index in [1.54, 1.807) is 31.9 Å². The van der Waals surface area contributed by atoms with Crippen LogP contribution < -0.4 is 4.90 Å². The first-order chi connectivity index (χ1) is 17.2. The summed E-state index contributed by atoms with van der Waals surface area (Å²) in [5.41, 5.74) is -2.03. The molecule has 0 fully saturated rings. The first-order valence-corrected chi connectivity index (χ1v) is 11.1. The third-order valence-corrected chi connectivity index (χ3v) is 5.96. The van der Waals surface area contributed by atoms with Gasteiger partial charge in [0.1, 0.15) is 11.6 Å². The van der Waals surface area contributed by atoms with E-state index in [2.05, 4.69) is 15.0 Å². The second-order valence-corrected chi connectivity index (χ2v) is 9.15. The van der Waals surface area contributed by atoms with Crippen LogP contribution in [0.3, 0.4) is 0 Å². The van der Waals surface area contributed by atoms with Gasteiger partial charge in [-0.3, -0.25) is 4.98 Å². The largest absolute Gasteiger partial charge is 0.418 e. The van der Waals surface area contributed by atoms with Gasteiger partial charge in [0.2, 0.25) is 0 Å². The fourth-order valence-electron chi connectivity index (χ4n) is 3.75. The lowest BCUT2D eigenvalue weighted by atomic mass is 9.93. The Hall–Kier alpha value is -3.73. The predicted molar refractivity (Wildman–Crippen MR) is 127 cm³/mol. The third kappa shape index (κ3) is 5.22. The molecule has 0 aliphatic heterocycles. The summed E-state index contributed by atoms with van der Waals surface area (Å²) >= 11 is 0. The third-order valence-electron chi connectivity index (χ3n) is 5.96. The Balaban J connectivity index is 1.90. The zero-order chi connectivity index (χ0) is 27.2. The maximum Gasteiger partial charge on any atom is 0.418 e. The highest BCUT2D eigenvalue weighted by Gasteiger charge is 2.35. The van der Waals surface area contributed by atoms with Gasteiger partial charge in [0.25, 0.3) is 0 Å². The Morgan fingerprint density at radius 1 is 0.865 bits per heavy atom. The number of alkyl halides is 6. The molecule has 0 aliphatic rings. The molecule has 0 amide bonds. The minimum atomic E-state index is -4.62. The van der Waals surface area contributed by atoms with Crippen molar-refractivity contribution in [1.82, 2.24) is 15.0 Å². The monoisotopic (exact) mass is 520 g/mol. The Kier molecular flexibility index (Phi) is 6.61. The van der Waals surface area contributed by atoms with E-state index in [4.69, 9.17) is 0 Å². The van der Waals surface area contributed by atoms with Crippen molar-refractivity contribution in [2.24, 2.45) is 0 Å². The lowest BCUT2D eigenvalue weighted by molar-refractivity contribution is -0.138. The van der Waals surface area contributed by atoms with E-state index in [1.165, 1.54) is 36.5 Å². The van der Waals surface area contributed by atoms with Crippen LogP contribution in [-0.2, 0) is 17.8 Å². The first-order valence-electron chi connectivity index (χ1n) is 11.1. The van der Waals surface area contributed by atoms with Crippen LogP contribution in [0.1, 0.15) is 30.8 Å². The molecule has 5 nitrogen and oxygen atoms in total. The fourth-order valence-corrected chi connectivity index (χ4v) is 3.75. The SMILES string of the molecule is CN(c1ccc(C(F)(F)F)cc1)c1nc(C(C)(C)CO)nc2cc(-c3ncccc3C(F)(F)F)ccc12. The molecule has 0 bridgehead atoms. The molecule has 0 aliphatic carbocycles. The highest BCUT2D eigenvalue weighted by Crippen LogP contribution is 2.39. The molecule has 1 N–H and O–H groups in total. The molecule has 11 heteroatoms. The smallest absolute Gasteiger partial charge is 0.395 e. The minimum Gasteiger partial charge on any atom is -0.395 e. The van der Waals surface area contributed by atoms with Gasteiger partial charge in [-0.15, -0.1) is 0 Å². The molecule has 2 heterocycles. The van der Waals surface area contributed by atoms with Gasteiger partial charge in [-0.1, -0.05) is 19.9 Å². The van der Waals surface area contributed by atoms with E-state index in [1.807, 2.05) is 0 Å². The van der Waals surface area contributed by atoms with Crippen LogP contribution in [0, 0.1) is 0 Å². The number of hydrogen-bond donors (Lipinski definition) is 1. The second-order valence-electron chi connectivity index (χ2n) is 9.15. The van der Waals surface area contributed by atoms with Crippen molar-refractivity contribution >= 4 is 22.4 Å². The van der Waals surface area contributed by atoms with E-state index in [0.29, 0.717) is 16.9 Å². The fraction of sp³-hybridized carbons (Fsp3) is 0.269. The summed E-state index contributed by atoms with van der Waals surface area (Å²) in [6, 6.07) is 11.1. The second kappa shape index (κ2) is 9.29. The highest BCUT2D eigenvalue weighted by molar-refractivity contribution is 5.94. The number of rotatable bonds is 5. The Labute approximate surface area is 208 Å². The lowest BCUT2D eigenvalue weighted by Gasteiger charge is -2.25. The van der Waals surface area contributed by atoms with E-state index in [9.17, 15) is 31.4 Å². The molecular weight excluding hydrogens is 498 g/mol. The number of fused-ring (bicyclic) bond motifs is 1. The summed E-state index contributed by atoms with van der Waals surface area (Å²) in [5, 5.41) is 10.3. The van der Waals surface area contributed by atoms with E-state index < -0.39 is 28.9 Å². The van der Waals surface area contributed by atoms with Crippen molar-refractivity contribution in [3.05, 3.63) is 77.7 Å². The van der Waals surface area contributed by atoms with Crippen molar-refractivity contribution in [3.63, 3.8) is 0 Å². The number of benzene rings is 2. The quantitative estimate of drug-likeness (QED) is 0.295. The molecule has 0 atom stereocenters. The van der Waals surface area contributed by atoms with Crippen molar-refractivity contribution in [3.8, 4) is 11.3 Å². The summed E-state index contributed by atoms with van der Waals surface area (Å²) in [5.74, 6) is 0.523. The Morgan fingerprint density at radius 3 is 2.14 bits per heavy atom. The molecular formula is C26H22F6N4O. The van der Waals surface area contributed by atoms with Gasteiger partial charge in [-0.2, -0.15) is 26.3 Å². The Morgan fingerprint density at radius 2 is 1.54 bits per heavy atom. The summed E-state index contributed by atoms with van der Waals surface area (Å²) in [7, 11) is 1.61. The maximum atomic E-state index is 13.6. The van der Waals surface area contributed by atoms with Crippen LogP contribution in [-0.4, -0.2) is 33.7 Å². The maximum absolute atomic E-state index is 13.6. The normalized spacial score (nSPS) is 12.7. The van der Waals surface area contributed by atoms with Crippen LogP contribution in [0.2, 0.25) is 0 Å². The van der Waals surface area contributed by atoms with Gasteiger partial charge in [-0.05, 0) is 48.5 Å². The zero-order valence-electron chi connectivity index (χ0n) is 20.0. The average Bonchev–Trinajstić information content (AvgIpc) is 2.86. The molecule has 194 valence electrons. The van der Waals surface area contributed by atoms with Crippen molar-refractivity contribution < 1.29 is 31.4 Å². The van der Waals surface area contributed by atoms with Crippen molar-refractivity contribution in [1.29, 1.82) is 0 Å². The van der Waals surface area contributed by atoms with Gasteiger partial charge in [-0.25, -0.2) is 9.97 Å².